The van der Waals surface area contributed by atoms with Crippen LogP contribution in [0.4, 0.5) is 0 Å². The van der Waals surface area contributed by atoms with Crippen LogP contribution in [-0.4, -0.2) is 17.8 Å². The van der Waals surface area contributed by atoms with Crippen LogP contribution in [0, 0.1) is 0 Å². The van der Waals surface area contributed by atoms with Crippen LogP contribution in [-0.2, 0) is 0 Å². The van der Waals surface area contributed by atoms with Crippen LogP contribution < -0.4 is 4.74 Å². The Labute approximate surface area is 88.8 Å². The lowest BCUT2D eigenvalue weighted by atomic mass is 10.3. The molecule has 0 bridgehead atoms. The minimum absolute atomic E-state index is 0.256. The minimum atomic E-state index is -0.560. The zero-order valence-electron chi connectivity index (χ0n) is 7.98. The van der Waals surface area contributed by atoms with Gasteiger partial charge in [-0.15, -0.1) is 0 Å². The van der Waals surface area contributed by atoms with Crippen molar-refractivity contribution in [3.05, 3.63) is 41.4 Å². The highest BCUT2D eigenvalue weighted by atomic mass is 35.5. The van der Waals surface area contributed by atoms with Gasteiger partial charge in [0.25, 0.3) is 0 Å². The summed E-state index contributed by atoms with van der Waals surface area (Å²) < 4.78 is 5.32. The van der Waals surface area contributed by atoms with Gasteiger partial charge < -0.3 is 9.84 Å². The van der Waals surface area contributed by atoms with Crippen molar-refractivity contribution in [3.8, 4) is 5.75 Å². The molecule has 0 amide bonds. The number of halogens is 1. The van der Waals surface area contributed by atoms with Gasteiger partial charge in [0.05, 0.1) is 0 Å². The van der Waals surface area contributed by atoms with Crippen molar-refractivity contribution < 1.29 is 9.84 Å². The molecule has 2 nitrogen and oxygen atoms in total. The smallest absolute Gasteiger partial charge is 0.119 e. The van der Waals surface area contributed by atoms with Crippen LogP contribution in [0.2, 0.25) is 5.02 Å². The second-order valence-electron chi connectivity index (χ2n) is 2.86. The largest absolute Gasteiger partial charge is 0.491 e. The molecule has 1 aromatic rings. The number of hydrogen-bond acceptors (Lipinski definition) is 2. The number of aliphatic hydroxyl groups is 1. The van der Waals surface area contributed by atoms with E-state index in [0.717, 1.165) is 0 Å². The first-order valence-electron chi connectivity index (χ1n) is 4.41. The molecule has 0 heterocycles. The highest BCUT2D eigenvalue weighted by Gasteiger charge is 1.99. The lowest BCUT2D eigenvalue weighted by Crippen LogP contribution is -2.14. The zero-order valence-corrected chi connectivity index (χ0v) is 8.74. The molecule has 1 N–H and O–H groups in total. The Bertz CT molecular complexity index is 293. The molecular weight excluding hydrogens is 200 g/mol. The first-order chi connectivity index (χ1) is 6.72. The van der Waals surface area contributed by atoms with E-state index in [1.54, 1.807) is 36.4 Å². The third-order valence-corrected chi connectivity index (χ3v) is 1.90. The van der Waals surface area contributed by atoms with Gasteiger partial charge >= 0.3 is 0 Å². The summed E-state index contributed by atoms with van der Waals surface area (Å²) in [6, 6.07) is 7.04. The maximum Gasteiger partial charge on any atom is 0.119 e. The fraction of sp³-hybridized carbons (Fsp3) is 0.273. The second kappa shape index (κ2) is 5.68. The Morgan fingerprint density at radius 1 is 1.43 bits per heavy atom. The predicted molar refractivity (Wildman–Crippen MR) is 57.8 cm³/mol. The van der Waals surface area contributed by atoms with Crippen LogP contribution in [0.3, 0.4) is 0 Å². The van der Waals surface area contributed by atoms with Crippen molar-refractivity contribution >= 4 is 11.6 Å². The third-order valence-electron chi connectivity index (χ3n) is 1.65. The topological polar surface area (TPSA) is 29.5 Å². The van der Waals surface area contributed by atoms with Crippen LogP contribution >= 0.6 is 11.6 Å². The standard InChI is InChI=1S/C11H13ClO2/c1-2-3-10(13)8-14-11-6-4-9(12)5-7-11/h2-7,10,13H,8H2,1H3/b3-2+. The molecule has 3 heteroatoms. The quantitative estimate of drug-likeness (QED) is 0.778. The molecule has 0 aliphatic heterocycles. The van der Waals surface area contributed by atoms with E-state index in [-0.39, 0.29) is 6.61 Å². The molecule has 0 saturated heterocycles. The fourth-order valence-electron chi connectivity index (χ4n) is 0.990. The van der Waals surface area contributed by atoms with Crippen molar-refractivity contribution in [2.45, 2.75) is 13.0 Å². The van der Waals surface area contributed by atoms with Gasteiger partial charge in [0.2, 0.25) is 0 Å². The Morgan fingerprint density at radius 3 is 2.64 bits per heavy atom. The monoisotopic (exact) mass is 212 g/mol. The van der Waals surface area contributed by atoms with Crippen molar-refractivity contribution in [1.29, 1.82) is 0 Å². The molecule has 0 fully saturated rings. The Balaban J connectivity index is 2.42. The number of ether oxygens (including phenoxy) is 1. The van der Waals surface area contributed by atoms with Gasteiger partial charge in [-0.05, 0) is 31.2 Å². The van der Waals surface area contributed by atoms with Crippen LogP contribution in [0.5, 0.6) is 5.75 Å². The summed E-state index contributed by atoms with van der Waals surface area (Å²) in [7, 11) is 0. The summed E-state index contributed by atoms with van der Waals surface area (Å²) >= 11 is 5.71. The number of aliphatic hydroxyl groups excluding tert-OH is 1. The lowest BCUT2D eigenvalue weighted by molar-refractivity contribution is 0.144. The zero-order chi connectivity index (χ0) is 10.4. The summed E-state index contributed by atoms with van der Waals surface area (Å²) in [5, 5.41) is 10.00. The molecule has 1 aromatic carbocycles. The molecule has 0 aromatic heterocycles. The summed E-state index contributed by atoms with van der Waals surface area (Å²) in [6.07, 6.45) is 2.90. The maximum absolute atomic E-state index is 9.33. The van der Waals surface area contributed by atoms with Gasteiger partial charge in [-0.1, -0.05) is 23.8 Å². The van der Waals surface area contributed by atoms with Gasteiger partial charge in [-0.3, -0.25) is 0 Å². The molecule has 1 rings (SSSR count). The molecule has 1 atom stereocenters. The Kier molecular flexibility index (Phi) is 4.50. The molecule has 0 radical (unpaired) electrons. The van der Waals surface area contributed by atoms with Crippen molar-refractivity contribution in [1.82, 2.24) is 0 Å². The highest BCUT2D eigenvalue weighted by molar-refractivity contribution is 6.30. The number of rotatable bonds is 4. The molecule has 1 unspecified atom stereocenters. The summed E-state index contributed by atoms with van der Waals surface area (Å²) in [6.45, 7) is 2.11. The first-order valence-corrected chi connectivity index (χ1v) is 4.79. The lowest BCUT2D eigenvalue weighted by Gasteiger charge is -2.08. The molecule has 14 heavy (non-hydrogen) atoms. The van der Waals surface area contributed by atoms with E-state index >= 15 is 0 Å². The van der Waals surface area contributed by atoms with E-state index in [2.05, 4.69) is 0 Å². The van der Waals surface area contributed by atoms with Crippen molar-refractivity contribution in [2.24, 2.45) is 0 Å². The van der Waals surface area contributed by atoms with Gasteiger partial charge in [0.1, 0.15) is 18.5 Å². The van der Waals surface area contributed by atoms with E-state index in [0.29, 0.717) is 10.8 Å². The average Bonchev–Trinajstić information content (AvgIpc) is 2.17. The van der Waals surface area contributed by atoms with Crippen LogP contribution in [0.1, 0.15) is 6.92 Å². The number of benzene rings is 1. The summed E-state index contributed by atoms with van der Waals surface area (Å²) in [5.41, 5.74) is 0. The molecular formula is C11H13ClO2. The van der Waals surface area contributed by atoms with E-state index in [9.17, 15) is 5.11 Å². The number of hydrogen-bond donors (Lipinski definition) is 1. The predicted octanol–water partition coefficient (Wildman–Crippen LogP) is 2.66. The molecule has 0 aliphatic carbocycles. The van der Waals surface area contributed by atoms with E-state index in [1.807, 2.05) is 6.92 Å². The Morgan fingerprint density at radius 2 is 2.07 bits per heavy atom. The fourth-order valence-corrected chi connectivity index (χ4v) is 1.12. The van der Waals surface area contributed by atoms with Gasteiger partial charge in [-0.2, -0.15) is 0 Å². The molecule has 76 valence electrons. The third kappa shape index (κ3) is 3.81. The molecule has 0 saturated carbocycles. The first kappa shape index (κ1) is 11.1. The van der Waals surface area contributed by atoms with Crippen LogP contribution in [0.15, 0.2) is 36.4 Å². The van der Waals surface area contributed by atoms with Gasteiger partial charge in [-0.25, -0.2) is 0 Å². The Hall–Kier alpha value is -0.990. The minimum Gasteiger partial charge on any atom is -0.491 e. The van der Waals surface area contributed by atoms with Crippen molar-refractivity contribution in [3.63, 3.8) is 0 Å². The van der Waals surface area contributed by atoms with E-state index in [4.69, 9.17) is 16.3 Å². The molecule has 0 aliphatic rings. The average molecular weight is 213 g/mol. The summed E-state index contributed by atoms with van der Waals surface area (Å²) in [4.78, 5) is 0. The van der Waals surface area contributed by atoms with E-state index in [1.165, 1.54) is 0 Å². The van der Waals surface area contributed by atoms with Gasteiger partial charge in [0, 0.05) is 5.02 Å². The second-order valence-corrected chi connectivity index (χ2v) is 3.29. The van der Waals surface area contributed by atoms with Crippen molar-refractivity contribution in [2.75, 3.05) is 6.61 Å². The SMILES string of the molecule is C/C=C/C(O)COc1ccc(Cl)cc1. The maximum atomic E-state index is 9.33. The van der Waals surface area contributed by atoms with E-state index < -0.39 is 6.10 Å². The number of allylic oxidation sites excluding steroid dienone is 1. The highest BCUT2D eigenvalue weighted by Crippen LogP contribution is 2.15. The normalized spacial score (nSPS) is 13.1. The van der Waals surface area contributed by atoms with Gasteiger partial charge in [0.15, 0.2) is 0 Å². The van der Waals surface area contributed by atoms with Crippen LogP contribution in [0.25, 0.3) is 0 Å². The molecule has 0 spiro atoms. The summed E-state index contributed by atoms with van der Waals surface area (Å²) in [5.74, 6) is 0.706.